The molecular formula is C30H37N3O4S. The van der Waals surface area contributed by atoms with Gasteiger partial charge >= 0.3 is 0 Å². The lowest BCUT2D eigenvalue weighted by Gasteiger charge is -2.37. The summed E-state index contributed by atoms with van der Waals surface area (Å²) in [6.07, 6.45) is 4.18. The lowest BCUT2D eigenvalue weighted by molar-refractivity contribution is -0.119. The van der Waals surface area contributed by atoms with Crippen LogP contribution < -0.4 is 14.5 Å². The van der Waals surface area contributed by atoms with Crippen LogP contribution in [0.4, 0.5) is 11.4 Å². The van der Waals surface area contributed by atoms with E-state index in [0.29, 0.717) is 28.2 Å². The van der Waals surface area contributed by atoms with Crippen molar-refractivity contribution in [3.8, 4) is 5.75 Å². The predicted octanol–water partition coefficient (Wildman–Crippen LogP) is 4.65. The highest BCUT2D eigenvalue weighted by molar-refractivity contribution is 7.91. The summed E-state index contributed by atoms with van der Waals surface area (Å²) in [5.41, 5.74) is 4.63. The number of methoxy groups -OCH3 is 1. The number of hydrogen-bond donors (Lipinski definition) is 0. The minimum atomic E-state index is -3.52. The number of piperazine rings is 1. The van der Waals surface area contributed by atoms with E-state index in [-0.39, 0.29) is 23.9 Å². The van der Waals surface area contributed by atoms with Crippen molar-refractivity contribution >= 4 is 27.0 Å². The molecule has 1 aliphatic heterocycles. The second-order valence-electron chi connectivity index (χ2n) is 10.2. The molecule has 0 bridgehead atoms. The number of rotatable bonds is 10. The number of nitrogens with zero attached hydrogens (tertiary/aromatic N) is 3. The summed E-state index contributed by atoms with van der Waals surface area (Å²) in [4.78, 5) is 22.0. The van der Waals surface area contributed by atoms with Crippen LogP contribution in [0.25, 0.3) is 0 Å². The largest absolute Gasteiger partial charge is 0.497 e. The van der Waals surface area contributed by atoms with E-state index in [9.17, 15) is 13.2 Å². The van der Waals surface area contributed by atoms with Crippen molar-refractivity contribution in [2.45, 2.75) is 38.5 Å². The Balaban J connectivity index is 1.29. The second-order valence-corrected chi connectivity index (χ2v) is 12.2. The molecule has 0 N–H and O–H groups in total. The third-order valence-electron chi connectivity index (χ3n) is 7.07. The standard InChI is InChI=1S/C30H37N3O4S/c1-22(21-38(35,36)30-23(2)18-29(37-4)19-24(30)3)17-28(34)20-25-5-7-26(8-6-25)32-13-15-33(16-14-32)27-9-11-31-12-10-27/h5-12,18-19,22H,13-17,20-21H2,1-4H3. The molecule has 202 valence electrons. The Morgan fingerprint density at radius 1 is 0.921 bits per heavy atom. The Kier molecular flexibility index (Phi) is 8.72. The number of aryl methyl sites for hydroxylation is 2. The Hall–Kier alpha value is -3.39. The van der Waals surface area contributed by atoms with Crippen molar-refractivity contribution in [3.05, 3.63) is 77.6 Å². The van der Waals surface area contributed by atoms with Gasteiger partial charge in [-0.15, -0.1) is 0 Å². The molecule has 0 aliphatic carbocycles. The lowest BCUT2D eigenvalue weighted by atomic mass is 10.0. The fourth-order valence-corrected chi connectivity index (χ4v) is 7.46. The summed E-state index contributed by atoms with van der Waals surface area (Å²) in [5.74, 6) is 0.358. The third kappa shape index (κ3) is 6.72. The number of carbonyl (C=O) groups is 1. The van der Waals surface area contributed by atoms with E-state index >= 15 is 0 Å². The van der Waals surface area contributed by atoms with E-state index < -0.39 is 9.84 Å². The smallest absolute Gasteiger partial charge is 0.179 e. The molecule has 0 amide bonds. The quantitative estimate of drug-likeness (QED) is 0.374. The van der Waals surface area contributed by atoms with Gasteiger partial charge in [-0.05, 0) is 72.9 Å². The molecule has 1 saturated heterocycles. The topological polar surface area (TPSA) is 79.8 Å². The molecule has 38 heavy (non-hydrogen) atoms. The molecule has 0 spiro atoms. The highest BCUT2D eigenvalue weighted by Gasteiger charge is 2.25. The number of carbonyl (C=O) groups excluding carboxylic acids is 1. The van der Waals surface area contributed by atoms with Crippen LogP contribution >= 0.6 is 0 Å². The molecule has 7 nitrogen and oxygen atoms in total. The monoisotopic (exact) mass is 535 g/mol. The maximum atomic E-state index is 13.1. The zero-order chi connectivity index (χ0) is 27.3. The number of Topliss-reactive ketones (excluding diaryl/α,β-unsaturated/α-hetero) is 1. The highest BCUT2D eigenvalue weighted by atomic mass is 32.2. The van der Waals surface area contributed by atoms with Gasteiger partial charge in [0.1, 0.15) is 11.5 Å². The normalized spacial score (nSPS) is 14.8. The Morgan fingerprint density at radius 2 is 1.45 bits per heavy atom. The summed E-state index contributed by atoms with van der Waals surface area (Å²) in [7, 11) is -1.96. The fourth-order valence-electron chi connectivity index (χ4n) is 5.33. The van der Waals surface area contributed by atoms with Crippen LogP contribution in [-0.2, 0) is 21.1 Å². The third-order valence-corrected chi connectivity index (χ3v) is 9.34. The van der Waals surface area contributed by atoms with E-state index in [1.807, 2.05) is 43.6 Å². The maximum Gasteiger partial charge on any atom is 0.179 e. The molecular weight excluding hydrogens is 498 g/mol. The van der Waals surface area contributed by atoms with Gasteiger partial charge in [-0.3, -0.25) is 9.78 Å². The van der Waals surface area contributed by atoms with Crippen LogP contribution in [0, 0.1) is 19.8 Å². The number of hydrogen-bond acceptors (Lipinski definition) is 7. The maximum absolute atomic E-state index is 13.1. The Bertz CT molecular complexity index is 1330. The zero-order valence-electron chi connectivity index (χ0n) is 22.7. The molecule has 1 fully saturated rings. The fraction of sp³-hybridized carbons (Fsp3) is 0.400. The molecule has 0 saturated carbocycles. The van der Waals surface area contributed by atoms with Gasteiger partial charge < -0.3 is 14.5 Å². The average molecular weight is 536 g/mol. The number of sulfone groups is 1. The Morgan fingerprint density at radius 3 is 1.97 bits per heavy atom. The van der Waals surface area contributed by atoms with Crippen molar-refractivity contribution < 1.29 is 17.9 Å². The van der Waals surface area contributed by atoms with Crippen molar-refractivity contribution in [3.63, 3.8) is 0 Å². The van der Waals surface area contributed by atoms with Crippen LogP contribution in [-0.4, -0.2) is 58.2 Å². The van der Waals surface area contributed by atoms with Crippen LogP contribution in [0.3, 0.4) is 0 Å². The molecule has 3 aromatic rings. The predicted molar refractivity (Wildman–Crippen MR) is 152 cm³/mol. The molecule has 1 unspecified atom stereocenters. The first-order chi connectivity index (χ1) is 18.2. The molecule has 1 aromatic heterocycles. The first-order valence-corrected chi connectivity index (χ1v) is 14.7. The number of aromatic nitrogens is 1. The van der Waals surface area contributed by atoms with E-state index in [0.717, 1.165) is 37.4 Å². The number of ketones is 1. The van der Waals surface area contributed by atoms with Gasteiger partial charge in [0.05, 0.1) is 17.8 Å². The number of pyridine rings is 1. The average Bonchev–Trinajstić information content (AvgIpc) is 2.88. The van der Waals surface area contributed by atoms with Gasteiger partial charge in [0.2, 0.25) is 0 Å². The minimum Gasteiger partial charge on any atom is -0.497 e. The van der Waals surface area contributed by atoms with Gasteiger partial charge in [-0.2, -0.15) is 0 Å². The van der Waals surface area contributed by atoms with Gasteiger partial charge in [0.15, 0.2) is 9.84 Å². The minimum absolute atomic E-state index is 0.0505. The summed E-state index contributed by atoms with van der Waals surface area (Å²) in [6.45, 7) is 9.14. The molecule has 8 heteroatoms. The molecule has 2 heterocycles. The molecule has 4 rings (SSSR count). The van der Waals surface area contributed by atoms with E-state index in [2.05, 4.69) is 26.9 Å². The summed E-state index contributed by atoms with van der Waals surface area (Å²) < 4.78 is 31.6. The first-order valence-electron chi connectivity index (χ1n) is 13.0. The number of benzene rings is 2. The highest BCUT2D eigenvalue weighted by Crippen LogP contribution is 2.28. The number of anilines is 2. The van der Waals surface area contributed by atoms with Crippen LogP contribution in [0.5, 0.6) is 5.75 Å². The molecule has 2 aromatic carbocycles. The van der Waals surface area contributed by atoms with Crippen molar-refractivity contribution in [2.24, 2.45) is 5.92 Å². The van der Waals surface area contributed by atoms with E-state index in [4.69, 9.17) is 4.74 Å². The van der Waals surface area contributed by atoms with Crippen LogP contribution in [0.15, 0.2) is 65.8 Å². The lowest BCUT2D eigenvalue weighted by Crippen LogP contribution is -2.46. The summed E-state index contributed by atoms with van der Waals surface area (Å²) in [5, 5.41) is 0. The van der Waals surface area contributed by atoms with E-state index in [1.165, 1.54) is 5.69 Å². The van der Waals surface area contributed by atoms with Gasteiger partial charge in [0.25, 0.3) is 0 Å². The van der Waals surface area contributed by atoms with Crippen LogP contribution in [0.2, 0.25) is 0 Å². The van der Waals surface area contributed by atoms with Gasteiger partial charge in [-0.25, -0.2) is 8.42 Å². The van der Waals surface area contributed by atoms with Crippen molar-refractivity contribution in [1.29, 1.82) is 0 Å². The van der Waals surface area contributed by atoms with E-state index in [1.54, 1.807) is 33.1 Å². The Labute approximate surface area is 226 Å². The SMILES string of the molecule is COc1cc(C)c(S(=O)(=O)CC(C)CC(=O)Cc2ccc(N3CCN(c4ccncc4)CC3)cc2)c(C)c1. The van der Waals surface area contributed by atoms with Crippen LogP contribution in [0.1, 0.15) is 30.0 Å². The summed E-state index contributed by atoms with van der Waals surface area (Å²) in [6, 6.07) is 15.7. The summed E-state index contributed by atoms with van der Waals surface area (Å²) >= 11 is 0. The molecule has 1 atom stereocenters. The molecule has 0 radical (unpaired) electrons. The van der Waals surface area contributed by atoms with Crippen molar-refractivity contribution in [1.82, 2.24) is 4.98 Å². The van der Waals surface area contributed by atoms with Gasteiger partial charge in [-0.1, -0.05) is 19.1 Å². The number of ether oxygens (including phenoxy) is 1. The zero-order valence-corrected chi connectivity index (χ0v) is 23.5. The second kappa shape index (κ2) is 12.0. The van der Waals surface area contributed by atoms with Gasteiger partial charge in [0, 0.05) is 62.8 Å². The van der Waals surface area contributed by atoms with Crippen molar-refractivity contribution in [2.75, 3.05) is 48.8 Å². The molecule has 1 aliphatic rings. The first kappa shape index (κ1) is 27.6.